The molecule has 2 aromatic carbocycles. The van der Waals surface area contributed by atoms with Crippen molar-refractivity contribution < 1.29 is 9.59 Å². The van der Waals surface area contributed by atoms with Gasteiger partial charge in [-0.2, -0.15) is 0 Å². The molecule has 1 atom stereocenters. The van der Waals surface area contributed by atoms with Crippen molar-refractivity contribution in [3.05, 3.63) is 65.2 Å². The highest BCUT2D eigenvalue weighted by molar-refractivity contribution is 5.91. The van der Waals surface area contributed by atoms with Crippen LogP contribution in [0, 0.1) is 19.3 Å². The molecule has 0 aromatic heterocycles. The van der Waals surface area contributed by atoms with E-state index in [4.69, 9.17) is 0 Å². The third kappa shape index (κ3) is 4.71. The molecule has 1 saturated heterocycles. The van der Waals surface area contributed by atoms with Gasteiger partial charge in [0.05, 0.1) is 5.41 Å². The Hall–Kier alpha value is -2.82. The molecule has 3 rings (SSSR count). The molecule has 5 nitrogen and oxygen atoms in total. The van der Waals surface area contributed by atoms with Crippen LogP contribution in [-0.4, -0.2) is 29.9 Å². The number of amides is 3. The van der Waals surface area contributed by atoms with Gasteiger partial charge in [-0.05, 0) is 56.4 Å². The molecular weight excluding hydrogens is 350 g/mol. The summed E-state index contributed by atoms with van der Waals surface area (Å²) >= 11 is 0. The first-order chi connectivity index (χ1) is 13.4. The predicted molar refractivity (Wildman–Crippen MR) is 112 cm³/mol. The number of nitrogens with zero attached hydrogens (tertiary/aromatic N) is 1. The molecule has 28 heavy (non-hydrogen) atoms. The number of hydrogen-bond acceptors (Lipinski definition) is 2. The highest BCUT2D eigenvalue weighted by Crippen LogP contribution is 2.30. The third-order valence-corrected chi connectivity index (χ3v) is 5.46. The number of urea groups is 1. The van der Waals surface area contributed by atoms with E-state index in [1.807, 2.05) is 69.3 Å². The smallest absolute Gasteiger partial charge is 0.321 e. The summed E-state index contributed by atoms with van der Waals surface area (Å²) in [6, 6.07) is 15.7. The highest BCUT2D eigenvalue weighted by atomic mass is 16.2. The maximum atomic E-state index is 12.8. The molecule has 0 radical (unpaired) electrons. The Labute approximate surface area is 167 Å². The van der Waals surface area contributed by atoms with Crippen LogP contribution in [0.3, 0.4) is 0 Å². The maximum Gasteiger partial charge on any atom is 0.321 e. The summed E-state index contributed by atoms with van der Waals surface area (Å²) in [6.07, 6.45) is 1.59. The Balaban J connectivity index is 1.62. The summed E-state index contributed by atoms with van der Waals surface area (Å²) in [5.41, 5.74) is 3.45. The number of aryl methyl sites for hydroxylation is 2. The summed E-state index contributed by atoms with van der Waals surface area (Å²) in [4.78, 5) is 27.4. The summed E-state index contributed by atoms with van der Waals surface area (Å²) in [7, 11) is 0. The number of benzene rings is 2. The Kier molecular flexibility index (Phi) is 6.02. The lowest BCUT2D eigenvalue weighted by molar-refractivity contribution is -0.132. The molecule has 0 spiro atoms. The monoisotopic (exact) mass is 379 g/mol. The van der Waals surface area contributed by atoms with E-state index in [0.29, 0.717) is 19.6 Å². The molecule has 5 heteroatoms. The Morgan fingerprint density at radius 3 is 2.61 bits per heavy atom. The fourth-order valence-electron chi connectivity index (χ4n) is 3.65. The van der Waals surface area contributed by atoms with Gasteiger partial charge in [0, 0.05) is 25.3 Å². The first-order valence-electron chi connectivity index (χ1n) is 9.83. The van der Waals surface area contributed by atoms with Crippen LogP contribution in [0.25, 0.3) is 0 Å². The second kappa shape index (κ2) is 8.46. The van der Waals surface area contributed by atoms with Crippen molar-refractivity contribution in [3.63, 3.8) is 0 Å². The Morgan fingerprint density at radius 1 is 1.11 bits per heavy atom. The quantitative estimate of drug-likeness (QED) is 0.834. The maximum absolute atomic E-state index is 12.8. The Morgan fingerprint density at radius 2 is 1.86 bits per heavy atom. The molecule has 0 unspecified atom stereocenters. The molecule has 2 aromatic rings. The van der Waals surface area contributed by atoms with Crippen LogP contribution in [0.2, 0.25) is 0 Å². The Bertz CT molecular complexity index is 850. The molecule has 1 fully saturated rings. The minimum Gasteiger partial charge on any atom is -0.351 e. The number of piperidine rings is 1. The first-order valence-corrected chi connectivity index (χ1v) is 9.83. The fourth-order valence-corrected chi connectivity index (χ4v) is 3.65. The molecule has 1 heterocycles. The zero-order valence-electron chi connectivity index (χ0n) is 16.9. The number of carbonyl (C=O) groups excluding carboxylic acids is 2. The van der Waals surface area contributed by atoms with Crippen molar-refractivity contribution in [1.82, 2.24) is 10.2 Å². The van der Waals surface area contributed by atoms with Crippen LogP contribution in [-0.2, 0) is 11.3 Å². The van der Waals surface area contributed by atoms with E-state index in [-0.39, 0.29) is 11.9 Å². The molecule has 2 N–H and O–H groups in total. The van der Waals surface area contributed by atoms with Gasteiger partial charge in [0.1, 0.15) is 0 Å². The minimum atomic E-state index is -0.577. The van der Waals surface area contributed by atoms with Gasteiger partial charge in [-0.25, -0.2) is 4.79 Å². The van der Waals surface area contributed by atoms with Gasteiger partial charge in [0.2, 0.25) is 5.91 Å². The van der Waals surface area contributed by atoms with Gasteiger partial charge in [-0.15, -0.1) is 0 Å². The van der Waals surface area contributed by atoms with Crippen molar-refractivity contribution in [2.75, 3.05) is 18.4 Å². The minimum absolute atomic E-state index is 0.000546. The molecule has 0 bridgehead atoms. The summed E-state index contributed by atoms with van der Waals surface area (Å²) in [6.45, 7) is 7.52. The van der Waals surface area contributed by atoms with Gasteiger partial charge >= 0.3 is 6.03 Å². The lowest BCUT2D eigenvalue weighted by Gasteiger charge is -2.39. The SMILES string of the molecule is Cc1ccc(C)c(NC(=O)N2CCC[C@@](C)(C(=O)NCc3ccccc3)C2)c1. The zero-order valence-corrected chi connectivity index (χ0v) is 16.9. The fraction of sp³-hybridized carbons (Fsp3) is 0.391. The molecule has 0 aliphatic carbocycles. The van der Waals surface area contributed by atoms with Crippen molar-refractivity contribution in [2.24, 2.45) is 5.41 Å². The van der Waals surface area contributed by atoms with Gasteiger partial charge in [0.25, 0.3) is 0 Å². The van der Waals surface area contributed by atoms with Crippen LogP contribution in [0.4, 0.5) is 10.5 Å². The van der Waals surface area contributed by atoms with E-state index >= 15 is 0 Å². The van der Waals surface area contributed by atoms with Gasteiger partial charge in [-0.3, -0.25) is 4.79 Å². The molecule has 148 valence electrons. The number of carbonyl (C=O) groups is 2. The standard InChI is InChI=1S/C23H29N3O2/c1-17-10-11-18(2)20(14-17)25-22(28)26-13-7-12-23(3,16-26)21(27)24-15-19-8-5-4-6-9-19/h4-6,8-11,14H,7,12-13,15-16H2,1-3H3,(H,24,27)(H,25,28)/t23-/m1/s1. The van der Waals surface area contributed by atoms with Crippen LogP contribution in [0.15, 0.2) is 48.5 Å². The number of anilines is 1. The average Bonchev–Trinajstić information content (AvgIpc) is 2.69. The third-order valence-electron chi connectivity index (χ3n) is 5.46. The molecule has 1 aliphatic heterocycles. The van der Waals surface area contributed by atoms with E-state index in [1.54, 1.807) is 4.90 Å². The molecular formula is C23H29N3O2. The second-order valence-corrected chi connectivity index (χ2v) is 8.00. The van der Waals surface area contributed by atoms with Gasteiger partial charge < -0.3 is 15.5 Å². The second-order valence-electron chi connectivity index (χ2n) is 8.00. The number of nitrogens with one attached hydrogen (secondary N) is 2. The predicted octanol–water partition coefficient (Wildman–Crippen LogP) is 4.25. The van der Waals surface area contributed by atoms with E-state index in [2.05, 4.69) is 10.6 Å². The van der Waals surface area contributed by atoms with Crippen molar-refractivity contribution in [2.45, 2.75) is 40.2 Å². The first kappa shape index (κ1) is 19.9. The largest absolute Gasteiger partial charge is 0.351 e. The summed E-state index contributed by atoms with van der Waals surface area (Å²) < 4.78 is 0. The van der Waals surface area contributed by atoms with Gasteiger partial charge in [0.15, 0.2) is 0 Å². The molecule has 3 amide bonds. The number of hydrogen-bond donors (Lipinski definition) is 2. The van der Waals surface area contributed by atoms with Crippen LogP contribution >= 0.6 is 0 Å². The molecule has 0 saturated carbocycles. The van der Waals surface area contributed by atoms with Crippen molar-refractivity contribution in [3.8, 4) is 0 Å². The zero-order chi connectivity index (χ0) is 20.1. The summed E-state index contributed by atoms with van der Waals surface area (Å²) in [5, 5.41) is 6.05. The van der Waals surface area contributed by atoms with Crippen LogP contribution < -0.4 is 10.6 Å². The van der Waals surface area contributed by atoms with Crippen LogP contribution in [0.1, 0.15) is 36.5 Å². The van der Waals surface area contributed by atoms with E-state index in [9.17, 15) is 9.59 Å². The van der Waals surface area contributed by atoms with E-state index in [1.165, 1.54) is 0 Å². The van der Waals surface area contributed by atoms with Gasteiger partial charge in [-0.1, -0.05) is 42.5 Å². The normalized spacial score (nSPS) is 19.2. The number of likely N-dealkylation sites (tertiary alicyclic amines) is 1. The van der Waals surface area contributed by atoms with E-state index in [0.717, 1.165) is 35.2 Å². The van der Waals surface area contributed by atoms with E-state index < -0.39 is 5.41 Å². The lowest BCUT2D eigenvalue weighted by Crippen LogP contribution is -2.52. The van der Waals surface area contributed by atoms with Crippen molar-refractivity contribution >= 4 is 17.6 Å². The number of rotatable bonds is 4. The van der Waals surface area contributed by atoms with Crippen LogP contribution in [0.5, 0.6) is 0 Å². The molecule has 1 aliphatic rings. The topological polar surface area (TPSA) is 61.4 Å². The highest BCUT2D eigenvalue weighted by Gasteiger charge is 2.39. The average molecular weight is 380 g/mol. The lowest BCUT2D eigenvalue weighted by atomic mass is 9.81. The van der Waals surface area contributed by atoms with Crippen molar-refractivity contribution in [1.29, 1.82) is 0 Å². The summed E-state index contributed by atoms with van der Waals surface area (Å²) in [5.74, 6) is 0.000546.